The van der Waals surface area contributed by atoms with Crippen LogP contribution in [0.2, 0.25) is 10.0 Å². The lowest BCUT2D eigenvalue weighted by molar-refractivity contribution is -0.131. The first-order chi connectivity index (χ1) is 11.3. The van der Waals surface area contributed by atoms with E-state index >= 15 is 0 Å². The van der Waals surface area contributed by atoms with Gasteiger partial charge in [0.2, 0.25) is 0 Å². The van der Waals surface area contributed by atoms with Gasteiger partial charge in [-0.25, -0.2) is 4.79 Å². The summed E-state index contributed by atoms with van der Waals surface area (Å²) in [4.78, 5) is 34.2. The number of rotatable bonds is 4. The molecule has 0 aliphatic rings. The molecule has 2 N–H and O–H groups in total. The van der Waals surface area contributed by atoms with Crippen LogP contribution in [0.25, 0.3) is 0 Å². The summed E-state index contributed by atoms with van der Waals surface area (Å²) in [5, 5.41) is 11.5. The number of ether oxygens (including phenoxy) is 1. The Kier molecular flexibility index (Phi) is 5.43. The van der Waals surface area contributed by atoms with Gasteiger partial charge in [-0.05, 0) is 30.3 Å². The van der Waals surface area contributed by atoms with E-state index < -0.39 is 17.8 Å². The molecule has 0 aliphatic carbocycles. The van der Waals surface area contributed by atoms with Gasteiger partial charge in [-0.2, -0.15) is 0 Å². The standard InChI is InChI=1S/C16H11Cl2NO5/c1-8(20)24-14-12(17)6-10(7-13(14)18)15(21)19-11-4-2-3-9(5-11)16(22)23/h2-7H,1H3,(H,19,21)(H,22,23). The van der Waals surface area contributed by atoms with Crippen molar-refractivity contribution in [3.05, 3.63) is 57.6 Å². The van der Waals surface area contributed by atoms with Gasteiger partial charge in [0, 0.05) is 18.2 Å². The van der Waals surface area contributed by atoms with Crippen LogP contribution in [0.5, 0.6) is 5.75 Å². The number of aromatic carboxylic acids is 1. The van der Waals surface area contributed by atoms with Crippen molar-refractivity contribution in [1.82, 2.24) is 0 Å². The molecule has 2 aromatic carbocycles. The number of carboxylic acid groups (broad SMARTS) is 1. The SMILES string of the molecule is CC(=O)Oc1c(Cl)cc(C(=O)Nc2cccc(C(=O)O)c2)cc1Cl. The molecule has 2 rings (SSSR count). The molecule has 0 aliphatic heterocycles. The second kappa shape index (κ2) is 7.33. The number of nitrogens with one attached hydrogen (secondary N) is 1. The molecule has 0 atom stereocenters. The Balaban J connectivity index is 2.26. The number of amides is 1. The fraction of sp³-hybridized carbons (Fsp3) is 0.0625. The normalized spacial score (nSPS) is 10.1. The lowest BCUT2D eigenvalue weighted by atomic mass is 10.1. The molecule has 8 heteroatoms. The van der Waals surface area contributed by atoms with E-state index in [4.69, 9.17) is 33.0 Å². The first kappa shape index (κ1) is 17.8. The molecule has 0 unspecified atom stereocenters. The maximum absolute atomic E-state index is 12.2. The number of carboxylic acids is 1. The molecule has 0 heterocycles. The average molecular weight is 368 g/mol. The zero-order valence-electron chi connectivity index (χ0n) is 12.3. The molecule has 0 radical (unpaired) electrons. The molecular formula is C16H11Cl2NO5. The summed E-state index contributed by atoms with van der Waals surface area (Å²) >= 11 is 11.9. The third-order valence-electron chi connectivity index (χ3n) is 2.87. The van der Waals surface area contributed by atoms with Crippen LogP contribution in [0, 0.1) is 0 Å². The molecular weight excluding hydrogens is 357 g/mol. The van der Waals surface area contributed by atoms with Gasteiger partial charge in [0.05, 0.1) is 15.6 Å². The van der Waals surface area contributed by atoms with Crippen LogP contribution < -0.4 is 10.1 Å². The highest BCUT2D eigenvalue weighted by molar-refractivity contribution is 6.38. The summed E-state index contributed by atoms with van der Waals surface area (Å²) in [7, 11) is 0. The monoisotopic (exact) mass is 367 g/mol. The van der Waals surface area contributed by atoms with Crippen molar-refractivity contribution in [2.24, 2.45) is 0 Å². The summed E-state index contributed by atoms with van der Waals surface area (Å²) < 4.78 is 4.87. The Bertz CT molecular complexity index is 812. The number of carbonyl (C=O) groups is 3. The van der Waals surface area contributed by atoms with Gasteiger partial charge in [0.25, 0.3) is 5.91 Å². The van der Waals surface area contributed by atoms with Crippen LogP contribution in [0.1, 0.15) is 27.6 Å². The van der Waals surface area contributed by atoms with E-state index in [-0.39, 0.29) is 26.9 Å². The van der Waals surface area contributed by atoms with E-state index in [2.05, 4.69) is 5.32 Å². The predicted octanol–water partition coefficient (Wildman–Crippen LogP) is 3.87. The van der Waals surface area contributed by atoms with E-state index in [1.54, 1.807) is 6.07 Å². The Morgan fingerprint density at radius 3 is 2.21 bits per heavy atom. The summed E-state index contributed by atoms with van der Waals surface area (Å²) in [5.41, 5.74) is 0.465. The molecule has 0 bridgehead atoms. The number of hydrogen-bond acceptors (Lipinski definition) is 4. The van der Waals surface area contributed by atoms with E-state index in [9.17, 15) is 14.4 Å². The summed E-state index contributed by atoms with van der Waals surface area (Å²) in [5.74, 6) is -2.28. The van der Waals surface area contributed by atoms with Gasteiger partial charge in [-0.3, -0.25) is 9.59 Å². The maximum atomic E-state index is 12.2. The minimum Gasteiger partial charge on any atom is -0.478 e. The largest absolute Gasteiger partial charge is 0.478 e. The van der Waals surface area contributed by atoms with E-state index in [0.29, 0.717) is 5.69 Å². The Hall–Kier alpha value is -2.57. The molecule has 1 amide bonds. The summed E-state index contributed by atoms with van der Waals surface area (Å²) in [6, 6.07) is 8.35. The molecule has 24 heavy (non-hydrogen) atoms. The van der Waals surface area contributed by atoms with Gasteiger partial charge in [-0.1, -0.05) is 29.3 Å². The highest BCUT2D eigenvalue weighted by Crippen LogP contribution is 2.34. The Morgan fingerprint density at radius 2 is 1.67 bits per heavy atom. The number of benzene rings is 2. The Labute approximate surface area is 146 Å². The first-order valence-electron chi connectivity index (χ1n) is 6.60. The van der Waals surface area contributed by atoms with Crippen molar-refractivity contribution in [1.29, 1.82) is 0 Å². The van der Waals surface area contributed by atoms with Gasteiger partial charge >= 0.3 is 11.9 Å². The number of halogens is 2. The fourth-order valence-corrected chi connectivity index (χ4v) is 2.43. The third kappa shape index (κ3) is 4.24. The van der Waals surface area contributed by atoms with Crippen molar-refractivity contribution in [2.75, 3.05) is 5.32 Å². The minimum absolute atomic E-state index is 0.00198. The number of hydrogen-bond donors (Lipinski definition) is 2. The second-order valence-corrected chi connectivity index (χ2v) is 5.52. The van der Waals surface area contributed by atoms with Crippen molar-refractivity contribution in [2.45, 2.75) is 6.92 Å². The van der Waals surface area contributed by atoms with Gasteiger partial charge in [0.15, 0.2) is 5.75 Å². The molecule has 0 saturated heterocycles. The summed E-state index contributed by atoms with van der Waals surface area (Å²) in [6.07, 6.45) is 0. The highest BCUT2D eigenvalue weighted by Gasteiger charge is 2.16. The lowest BCUT2D eigenvalue weighted by Gasteiger charge is -2.10. The van der Waals surface area contributed by atoms with E-state index in [0.717, 1.165) is 0 Å². The van der Waals surface area contributed by atoms with E-state index in [1.165, 1.54) is 37.3 Å². The molecule has 124 valence electrons. The van der Waals surface area contributed by atoms with Crippen LogP contribution in [-0.4, -0.2) is 23.0 Å². The first-order valence-corrected chi connectivity index (χ1v) is 7.35. The van der Waals surface area contributed by atoms with Crippen molar-refractivity contribution in [3.63, 3.8) is 0 Å². The van der Waals surface area contributed by atoms with Gasteiger partial charge < -0.3 is 15.2 Å². The zero-order chi connectivity index (χ0) is 17.9. The number of anilines is 1. The third-order valence-corrected chi connectivity index (χ3v) is 3.44. The van der Waals surface area contributed by atoms with Crippen LogP contribution in [0.15, 0.2) is 36.4 Å². The fourth-order valence-electron chi connectivity index (χ4n) is 1.87. The maximum Gasteiger partial charge on any atom is 0.335 e. The molecule has 2 aromatic rings. The Morgan fingerprint density at radius 1 is 1.04 bits per heavy atom. The minimum atomic E-state index is -1.11. The van der Waals surface area contributed by atoms with Crippen molar-refractivity contribution in [3.8, 4) is 5.75 Å². The highest BCUT2D eigenvalue weighted by atomic mass is 35.5. The predicted molar refractivity (Wildman–Crippen MR) is 89.1 cm³/mol. The zero-order valence-corrected chi connectivity index (χ0v) is 13.8. The van der Waals surface area contributed by atoms with Crippen LogP contribution >= 0.6 is 23.2 Å². The van der Waals surface area contributed by atoms with Crippen LogP contribution in [-0.2, 0) is 4.79 Å². The molecule has 0 aromatic heterocycles. The molecule has 0 fully saturated rings. The smallest absolute Gasteiger partial charge is 0.335 e. The molecule has 0 spiro atoms. The van der Waals surface area contributed by atoms with Crippen LogP contribution in [0.4, 0.5) is 5.69 Å². The van der Waals surface area contributed by atoms with E-state index in [1.807, 2.05) is 0 Å². The van der Waals surface area contributed by atoms with Crippen molar-refractivity contribution < 1.29 is 24.2 Å². The number of esters is 1. The van der Waals surface area contributed by atoms with Crippen LogP contribution in [0.3, 0.4) is 0 Å². The number of carbonyl (C=O) groups excluding carboxylic acids is 2. The lowest BCUT2D eigenvalue weighted by Crippen LogP contribution is -2.13. The van der Waals surface area contributed by atoms with Crippen molar-refractivity contribution >= 4 is 46.7 Å². The second-order valence-electron chi connectivity index (χ2n) is 4.70. The molecule has 0 saturated carbocycles. The van der Waals surface area contributed by atoms with Gasteiger partial charge in [-0.15, -0.1) is 0 Å². The van der Waals surface area contributed by atoms with Gasteiger partial charge in [0.1, 0.15) is 0 Å². The topological polar surface area (TPSA) is 92.7 Å². The summed E-state index contributed by atoms with van der Waals surface area (Å²) in [6.45, 7) is 1.20. The molecule has 6 nitrogen and oxygen atoms in total. The quantitative estimate of drug-likeness (QED) is 0.631. The average Bonchev–Trinajstić information content (AvgIpc) is 2.50.